The van der Waals surface area contributed by atoms with Crippen molar-refractivity contribution in [3.05, 3.63) is 59.7 Å². The molecule has 0 spiro atoms. The number of hydrogen-bond donors (Lipinski definition) is 2. The summed E-state index contributed by atoms with van der Waals surface area (Å²) in [6, 6.07) is 9.16. The molecule has 0 radical (unpaired) electrons. The highest BCUT2D eigenvalue weighted by molar-refractivity contribution is 6.09. The topological polar surface area (TPSA) is 124 Å². The number of nitrogens with two attached hydrogens (primary N) is 1. The van der Waals surface area contributed by atoms with Crippen molar-refractivity contribution < 1.29 is 18.0 Å². The van der Waals surface area contributed by atoms with E-state index in [1.54, 1.807) is 6.92 Å². The van der Waals surface area contributed by atoms with E-state index in [1.807, 2.05) is 30.3 Å². The molecule has 0 saturated heterocycles. The van der Waals surface area contributed by atoms with Gasteiger partial charge in [0, 0.05) is 6.42 Å². The van der Waals surface area contributed by atoms with Crippen LogP contribution in [0.4, 0.5) is 24.8 Å². The highest BCUT2D eigenvalue weighted by atomic mass is 19.4. The number of alkyl halides is 3. The Labute approximate surface area is 191 Å². The number of fused-ring (bicyclic) bond motifs is 2. The van der Waals surface area contributed by atoms with E-state index in [-0.39, 0.29) is 41.9 Å². The van der Waals surface area contributed by atoms with Crippen LogP contribution in [0.5, 0.6) is 0 Å². The molecule has 1 aromatic carbocycles. The number of aromatic nitrogens is 6. The molecule has 1 aliphatic rings. The maximum absolute atomic E-state index is 13.0. The minimum absolute atomic E-state index is 0.0405. The van der Waals surface area contributed by atoms with Crippen molar-refractivity contribution in [3.8, 4) is 11.5 Å². The van der Waals surface area contributed by atoms with Crippen LogP contribution in [-0.2, 0) is 16.6 Å². The maximum atomic E-state index is 13.0. The van der Waals surface area contributed by atoms with Crippen molar-refractivity contribution in [1.29, 1.82) is 0 Å². The molecule has 0 bridgehead atoms. The Bertz CT molecular complexity index is 1400. The molecule has 1 atom stereocenters. The first-order chi connectivity index (χ1) is 16.2. The fourth-order valence-electron chi connectivity index (χ4n) is 4.19. The molecule has 174 valence electrons. The number of benzene rings is 1. The standard InChI is InChI=1S/C22H19F3N8O/c1-21(12-6-3-2-4-7-12)15-16(26)30-17(31-18(15)32-20(21)34)14-10-33-19(27-11-28-33)13(29-14)8-5-9-22(23,24)25/h2-4,6-7,10-11H,5,8-9H2,1H3,(H3,26,30,31,32,34). The molecule has 1 aliphatic heterocycles. The molecule has 4 heterocycles. The van der Waals surface area contributed by atoms with Gasteiger partial charge in [-0.2, -0.15) is 18.3 Å². The van der Waals surface area contributed by atoms with E-state index in [0.29, 0.717) is 16.9 Å². The summed E-state index contributed by atoms with van der Waals surface area (Å²) < 4.78 is 39.3. The highest BCUT2D eigenvalue weighted by Crippen LogP contribution is 2.44. The van der Waals surface area contributed by atoms with Gasteiger partial charge in [-0.1, -0.05) is 30.3 Å². The molecule has 1 amide bonds. The number of nitrogen functional groups attached to an aromatic ring is 1. The van der Waals surface area contributed by atoms with Gasteiger partial charge in [0.15, 0.2) is 11.5 Å². The van der Waals surface area contributed by atoms with Crippen molar-refractivity contribution in [1.82, 2.24) is 29.5 Å². The third kappa shape index (κ3) is 3.60. The number of aryl methyl sites for hydroxylation is 1. The van der Waals surface area contributed by atoms with Gasteiger partial charge in [-0.3, -0.25) is 4.79 Å². The summed E-state index contributed by atoms with van der Waals surface area (Å²) in [6.45, 7) is 1.75. The number of carbonyl (C=O) groups is 1. The van der Waals surface area contributed by atoms with Crippen LogP contribution in [0.1, 0.15) is 36.6 Å². The summed E-state index contributed by atoms with van der Waals surface area (Å²) in [7, 11) is 0. The normalized spacial score (nSPS) is 17.7. The first-order valence-electron chi connectivity index (χ1n) is 10.5. The van der Waals surface area contributed by atoms with Gasteiger partial charge in [0.25, 0.3) is 0 Å². The third-order valence-electron chi connectivity index (χ3n) is 5.91. The summed E-state index contributed by atoms with van der Waals surface area (Å²) in [5.74, 6) is 0.185. The quantitative estimate of drug-likeness (QED) is 0.461. The second kappa shape index (κ2) is 7.75. The molecule has 9 nitrogen and oxygen atoms in total. The van der Waals surface area contributed by atoms with Crippen molar-refractivity contribution >= 4 is 23.2 Å². The van der Waals surface area contributed by atoms with Gasteiger partial charge in [-0.05, 0) is 25.3 Å². The first kappa shape index (κ1) is 21.7. The lowest BCUT2D eigenvalue weighted by molar-refractivity contribution is -0.135. The fourth-order valence-corrected chi connectivity index (χ4v) is 4.19. The minimum atomic E-state index is -4.26. The van der Waals surface area contributed by atoms with Crippen molar-refractivity contribution in [2.24, 2.45) is 0 Å². The molecule has 0 aliphatic carbocycles. The molecule has 5 rings (SSSR count). The predicted molar refractivity (Wildman–Crippen MR) is 117 cm³/mol. The van der Waals surface area contributed by atoms with E-state index in [0.717, 1.165) is 5.56 Å². The monoisotopic (exact) mass is 468 g/mol. The molecule has 12 heteroatoms. The second-order valence-corrected chi connectivity index (χ2v) is 8.17. The molecule has 34 heavy (non-hydrogen) atoms. The number of nitrogens with one attached hydrogen (secondary N) is 1. The number of rotatable bonds is 5. The molecule has 3 N–H and O–H groups in total. The van der Waals surface area contributed by atoms with Crippen LogP contribution < -0.4 is 11.1 Å². The Morgan fingerprint density at radius 3 is 2.65 bits per heavy atom. The van der Waals surface area contributed by atoms with Crippen LogP contribution in [0.25, 0.3) is 17.2 Å². The summed E-state index contributed by atoms with van der Waals surface area (Å²) in [6.07, 6.45) is -2.50. The Morgan fingerprint density at radius 2 is 1.91 bits per heavy atom. The number of nitrogens with zero attached hydrogens (tertiary/aromatic N) is 6. The Kier molecular flexibility index (Phi) is 4.95. The molecule has 4 aromatic rings. The number of anilines is 2. The number of halogens is 3. The van der Waals surface area contributed by atoms with Gasteiger partial charge in [0.05, 0.1) is 17.5 Å². The summed E-state index contributed by atoms with van der Waals surface area (Å²) in [5.41, 5.74) is 7.36. The lowest BCUT2D eigenvalue weighted by Gasteiger charge is -2.23. The van der Waals surface area contributed by atoms with Crippen LogP contribution in [-0.4, -0.2) is 41.6 Å². The van der Waals surface area contributed by atoms with Crippen LogP contribution in [0.2, 0.25) is 0 Å². The summed E-state index contributed by atoms with van der Waals surface area (Å²) in [4.78, 5) is 30.4. The van der Waals surface area contributed by atoms with Crippen LogP contribution in [0.15, 0.2) is 42.9 Å². The lowest BCUT2D eigenvalue weighted by Crippen LogP contribution is -2.32. The van der Waals surface area contributed by atoms with Crippen molar-refractivity contribution in [2.75, 3.05) is 11.1 Å². The SMILES string of the molecule is CC1(c2ccccc2)C(=O)Nc2nc(-c3cn4ncnc4c(CCCC(F)(F)F)n3)nc(N)c21. The predicted octanol–water partition coefficient (Wildman–Crippen LogP) is 3.31. The van der Waals surface area contributed by atoms with Gasteiger partial charge in [-0.15, -0.1) is 0 Å². The van der Waals surface area contributed by atoms with Crippen LogP contribution >= 0.6 is 0 Å². The second-order valence-electron chi connectivity index (χ2n) is 8.17. The average molecular weight is 468 g/mol. The molecule has 0 fully saturated rings. The molecule has 0 saturated carbocycles. The van der Waals surface area contributed by atoms with E-state index in [2.05, 4.69) is 30.4 Å². The first-order valence-corrected chi connectivity index (χ1v) is 10.5. The minimum Gasteiger partial charge on any atom is -0.383 e. The third-order valence-corrected chi connectivity index (χ3v) is 5.91. The van der Waals surface area contributed by atoms with Gasteiger partial charge >= 0.3 is 6.18 Å². The van der Waals surface area contributed by atoms with E-state index in [1.165, 1.54) is 17.0 Å². The summed E-state index contributed by atoms with van der Waals surface area (Å²) >= 11 is 0. The zero-order valence-electron chi connectivity index (χ0n) is 18.0. The largest absolute Gasteiger partial charge is 0.389 e. The Hall–Kier alpha value is -4.09. The zero-order chi connectivity index (χ0) is 24.1. The van der Waals surface area contributed by atoms with E-state index in [4.69, 9.17) is 5.73 Å². The lowest BCUT2D eigenvalue weighted by atomic mass is 9.78. The Morgan fingerprint density at radius 1 is 1.15 bits per heavy atom. The number of hydrogen-bond acceptors (Lipinski definition) is 7. The smallest absolute Gasteiger partial charge is 0.383 e. The number of amides is 1. The number of carbonyl (C=O) groups excluding carboxylic acids is 1. The Balaban J connectivity index is 1.56. The van der Waals surface area contributed by atoms with Gasteiger partial charge in [-0.25, -0.2) is 24.5 Å². The maximum Gasteiger partial charge on any atom is 0.389 e. The van der Waals surface area contributed by atoms with E-state index < -0.39 is 18.0 Å². The van der Waals surface area contributed by atoms with Crippen molar-refractivity contribution in [2.45, 2.75) is 37.8 Å². The van der Waals surface area contributed by atoms with Gasteiger partial charge in [0.2, 0.25) is 5.91 Å². The van der Waals surface area contributed by atoms with E-state index >= 15 is 0 Å². The highest BCUT2D eigenvalue weighted by Gasteiger charge is 2.47. The van der Waals surface area contributed by atoms with Crippen molar-refractivity contribution in [3.63, 3.8) is 0 Å². The average Bonchev–Trinajstić information content (AvgIpc) is 3.36. The summed E-state index contributed by atoms with van der Waals surface area (Å²) in [5, 5.41) is 6.86. The van der Waals surface area contributed by atoms with E-state index in [9.17, 15) is 18.0 Å². The molecular formula is C22H19F3N8O. The van der Waals surface area contributed by atoms with Gasteiger partial charge in [0.1, 0.15) is 29.1 Å². The van der Waals surface area contributed by atoms with Crippen LogP contribution in [0, 0.1) is 0 Å². The molecule has 3 aromatic heterocycles. The zero-order valence-corrected chi connectivity index (χ0v) is 18.0. The fraction of sp³-hybridized carbons (Fsp3) is 0.273. The van der Waals surface area contributed by atoms with Crippen LogP contribution in [0.3, 0.4) is 0 Å². The van der Waals surface area contributed by atoms with Gasteiger partial charge < -0.3 is 11.1 Å². The molecular weight excluding hydrogens is 449 g/mol. The molecule has 1 unspecified atom stereocenters.